The van der Waals surface area contributed by atoms with Gasteiger partial charge in [0.1, 0.15) is 0 Å². The molecule has 0 aromatic carbocycles. The Balaban J connectivity index is 0. The highest BCUT2D eigenvalue weighted by atomic mass is 28.4. The third-order valence-corrected chi connectivity index (χ3v) is 2.95. The first-order valence-electron chi connectivity index (χ1n) is 2.22. The Morgan fingerprint density at radius 3 is 1.25 bits per heavy atom. The zero-order valence-corrected chi connectivity index (χ0v) is 7.82. The van der Waals surface area contributed by atoms with Crippen LogP contribution in [0.15, 0.2) is 0 Å². The second-order valence-corrected chi connectivity index (χ2v) is 5.42. The summed E-state index contributed by atoms with van der Waals surface area (Å²) in [4.78, 5) is 0. The molecular weight excluding hydrogens is 136 g/mol. The van der Waals surface area contributed by atoms with Crippen LogP contribution >= 0.6 is 0 Å². The third kappa shape index (κ3) is 4.51. The van der Waals surface area contributed by atoms with Crippen LogP contribution in [-0.4, -0.2) is 33.7 Å². The van der Waals surface area contributed by atoms with Gasteiger partial charge in [0.25, 0.3) is 0 Å². The molecule has 0 bridgehead atoms. The highest BCUT2D eigenvalue weighted by Gasteiger charge is 2.19. The average molecular weight is 148 g/mol. The molecule has 0 rings (SSSR count). The molecule has 48 valence electrons. The summed E-state index contributed by atoms with van der Waals surface area (Å²) in [6.45, 7) is 3.99. The van der Waals surface area contributed by atoms with Gasteiger partial charge in [-0.05, 0) is 13.1 Å². The van der Waals surface area contributed by atoms with E-state index in [4.69, 9.17) is 8.85 Å². The van der Waals surface area contributed by atoms with Gasteiger partial charge in [0, 0.05) is 25.2 Å². The monoisotopic (exact) mass is 148 g/mol. The predicted molar refractivity (Wildman–Crippen MR) is 37.3 cm³/mol. The highest BCUT2D eigenvalue weighted by molar-refractivity contribution is 6.64. The summed E-state index contributed by atoms with van der Waals surface area (Å²) < 4.78 is 10.0. The molecule has 0 saturated heterocycles. The Morgan fingerprint density at radius 1 is 1.00 bits per heavy atom. The van der Waals surface area contributed by atoms with Crippen LogP contribution in [0.1, 0.15) is 0 Å². The van der Waals surface area contributed by atoms with Gasteiger partial charge in [0.2, 0.25) is 0 Å². The van der Waals surface area contributed by atoms with Gasteiger partial charge in [0.05, 0.1) is 0 Å². The fourth-order valence-corrected chi connectivity index (χ4v) is 0.250. The molecule has 0 spiro atoms. The quantitative estimate of drug-likeness (QED) is 0.534. The second-order valence-electron chi connectivity index (χ2n) is 1.81. The van der Waals surface area contributed by atoms with Gasteiger partial charge in [-0.3, -0.25) is 0 Å². The van der Waals surface area contributed by atoms with E-state index in [1.54, 1.807) is 14.2 Å². The molecule has 4 heteroatoms. The minimum atomic E-state index is -1.65. The van der Waals surface area contributed by atoms with E-state index in [1.807, 2.05) is 13.1 Å². The zero-order valence-electron chi connectivity index (χ0n) is 5.82. The van der Waals surface area contributed by atoms with Crippen molar-refractivity contribution in [1.29, 1.82) is 0 Å². The Morgan fingerprint density at radius 2 is 1.25 bits per heavy atom. The van der Waals surface area contributed by atoms with Crippen LogP contribution in [0.25, 0.3) is 0 Å². The van der Waals surface area contributed by atoms with Crippen LogP contribution in [0.4, 0.5) is 0 Å². The van der Waals surface area contributed by atoms with Crippen molar-refractivity contribution in [2.75, 3.05) is 14.2 Å². The van der Waals surface area contributed by atoms with Crippen molar-refractivity contribution in [3.63, 3.8) is 0 Å². The summed E-state index contributed by atoms with van der Waals surface area (Å²) in [7, 11) is 1.70. The lowest BCUT2D eigenvalue weighted by Gasteiger charge is -2.15. The van der Waals surface area contributed by atoms with Crippen LogP contribution in [-0.2, 0) is 8.85 Å². The zero-order chi connectivity index (χ0) is 5.91. The summed E-state index contributed by atoms with van der Waals surface area (Å²) >= 11 is 0. The Hall–Kier alpha value is 0.354. The normalized spacial score (nSPS) is 10.5. The fourth-order valence-electron chi connectivity index (χ4n) is 0.0833. The summed E-state index contributed by atoms with van der Waals surface area (Å²) in [6.07, 6.45) is 0. The van der Waals surface area contributed by atoms with Crippen molar-refractivity contribution in [3.05, 3.63) is 0 Å². The molecule has 0 heterocycles. The molecule has 0 unspecified atom stereocenters. The van der Waals surface area contributed by atoms with E-state index in [9.17, 15) is 0 Å². The molecule has 8 heavy (non-hydrogen) atoms. The summed E-state index contributed by atoms with van der Waals surface area (Å²) in [5.41, 5.74) is 0. The highest BCUT2D eigenvalue weighted by Crippen LogP contribution is 1.99. The number of hydrogen-bond acceptors (Lipinski definition) is 2. The maximum absolute atomic E-state index is 5.00. The lowest BCUT2D eigenvalue weighted by atomic mass is 11.8. The molecule has 0 atom stereocenters. The lowest BCUT2D eigenvalue weighted by molar-refractivity contribution is 0.258. The molecule has 0 aliphatic rings. The maximum atomic E-state index is 5.00. The van der Waals surface area contributed by atoms with Crippen LogP contribution in [0.2, 0.25) is 13.1 Å². The van der Waals surface area contributed by atoms with Gasteiger partial charge in [0.15, 0.2) is 0 Å². The number of hydrogen-bond donors (Lipinski definition) is 0. The van der Waals surface area contributed by atoms with Gasteiger partial charge in [-0.2, -0.15) is 0 Å². The first kappa shape index (κ1) is 11.2. The van der Waals surface area contributed by atoms with E-state index in [0.717, 1.165) is 0 Å². The van der Waals surface area contributed by atoms with Gasteiger partial charge in [-0.25, -0.2) is 0 Å². The van der Waals surface area contributed by atoms with Crippen molar-refractivity contribution < 1.29 is 8.85 Å². The Bertz CT molecular complexity index is 50.0. The van der Waals surface area contributed by atoms with Crippen molar-refractivity contribution >= 4 is 19.5 Å². The summed E-state index contributed by atoms with van der Waals surface area (Å²) in [5.74, 6) is 0. The Kier molecular flexibility index (Phi) is 5.95. The maximum Gasteiger partial charge on any atom is 0.331 e. The smallest absolute Gasteiger partial charge is 0.331 e. The Labute approximate surface area is 56.5 Å². The van der Waals surface area contributed by atoms with E-state index in [0.29, 0.717) is 0 Å². The van der Waals surface area contributed by atoms with E-state index in [1.165, 1.54) is 0 Å². The largest absolute Gasteiger partial charge is 0.398 e. The molecule has 0 fully saturated rings. The van der Waals surface area contributed by atoms with Crippen molar-refractivity contribution in [2.45, 2.75) is 13.1 Å². The van der Waals surface area contributed by atoms with Crippen LogP contribution in [0.5, 0.6) is 0 Å². The molecule has 4 radical (unpaired) electrons. The van der Waals surface area contributed by atoms with Gasteiger partial charge in [-0.15, -0.1) is 0 Å². The minimum Gasteiger partial charge on any atom is -0.398 e. The van der Waals surface area contributed by atoms with Gasteiger partial charge < -0.3 is 8.85 Å². The van der Waals surface area contributed by atoms with E-state index in [-0.39, 0.29) is 11.0 Å². The molecular formula is C4H12O2Si2. The van der Waals surface area contributed by atoms with E-state index >= 15 is 0 Å². The minimum absolute atomic E-state index is 0. The van der Waals surface area contributed by atoms with E-state index < -0.39 is 8.56 Å². The molecule has 0 amide bonds. The molecule has 0 aromatic rings. The van der Waals surface area contributed by atoms with E-state index in [2.05, 4.69) is 0 Å². The molecule has 0 aliphatic carbocycles. The van der Waals surface area contributed by atoms with Crippen LogP contribution in [0.3, 0.4) is 0 Å². The van der Waals surface area contributed by atoms with Crippen molar-refractivity contribution in [1.82, 2.24) is 0 Å². The SMILES string of the molecule is CO[Si](C)(C)OC.[Si]. The second kappa shape index (κ2) is 4.25. The third-order valence-electron chi connectivity index (χ3n) is 0.983. The first-order valence-corrected chi connectivity index (χ1v) is 5.04. The first-order chi connectivity index (χ1) is 3.12. The summed E-state index contributed by atoms with van der Waals surface area (Å²) in [5, 5.41) is 0. The molecule has 0 aromatic heterocycles. The van der Waals surface area contributed by atoms with Gasteiger partial charge in [-0.1, -0.05) is 0 Å². The van der Waals surface area contributed by atoms with Gasteiger partial charge >= 0.3 is 8.56 Å². The molecule has 2 nitrogen and oxygen atoms in total. The molecule has 0 saturated carbocycles. The lowest BCUT2D eigenvalue weighted by Crippen LogP contribution is -2.31. The fraction of sp³-hybridized carbons (Fsp3) is 1.00. The van der Waals surface area contributed by atoms with Crippen molar-refractivity contribution in [2.24, 2.45) is 0 Å². The molecule has 0 N–H and O–H groups in total. The van der Waals surface area contributed by atoms with Crippen LogP contribution in [0, 0.1) is 0 Å². The van der Waals surface area contributed by atoms with Crippen LogP contribution < -0.4 is 0 Å². The number of rotatable bonds is 2. The predicted octanol–water partition coefficient (Wildman–Crippen LogP) is 0.600. The summed E-state index contributed by atoms with van der Waals surface area (Å²) in [6, 6.07) is 0. The van der Waals surface area contributed by atoms with Crippen molar-refractivity contribution in [3.8, 4) is 0 Å². The molecule has 0 aliphatic heterocycles. The topological polar surface area (TPSA) is 18.5 Å². The average Bonchev–Trinajstić information content (AvgIpc) is 1.68. The standard InChI is InChI=1S/C4H12O2Si.Si/c1-5-7(3,4)6-2;/h1-4H3;.